The molecule has 22 heavy (non-hydrogen) atoms. The summed E-state index contributed by atoms with van der Waals surface area (Å²) in [5, 5.41) is 15.7. The molecule has 2 amide bonds. The minimum Gasteiger partial charge on any atom is -0.508 e. The molecule has 5 heteroatoms. The molecule has 122 valence electrons. The van der Waals surface area contributed by atoms with Crippen LogP contribution < -0.4 is 10.6 Å². The molecule has 1 fully saturated rings. The van der Waals surface area contributed by atoms with E-state index in [1.54, 1.807) is 12.1 Å². The Hall–Kier alpha value is -1.75. The molecule has 0 aliphatic carbocycles. The van der Waals surface area contributed by atoms with Crippen molar-refractivity contribution in [2.24, 2.45) is 0 Å². The summed E-state index contributed by atoms with van der Waals surface area (Å²) >= 11 is 0. The fourth-order valence-corrected chi connectivity index (χ4v) is 2.88. The van der Waals surface area contributed by atoms with Gasteiger partial charge in [-0.25, -0.2) is 4.79 Å². The molecule has 1 saturated heterocycles. The number of hydrogen-bond acceptors (Lipinski definition) is 3. The normalized spacial score (nSPS) is 19.2. The molecule has 1 aliphatic heterocycles. The molecule has 1 aromatic carbocycles. The SMILES string of the molecule is CCNC(=O)N1CC[C@@H](N[C@@H](C)CCc2ccc(O)cc2)C1. The number of carbonyl (C=O) groups excluding carboxylic acids is 1. The fraction of sp³-hybridized carbons (Fsp3) is 0.588. The first-order valence-corrected chi connectivity index (χ1v) is 8.15. The van der Waals surface area contributed by atoms with Gasteiger partial charge in [0.25, 0.3) is 0 Å². The molecule has 2 atom stereocenters. The van der Waals surface area contributed by atoms with Crippen molar-refractivity contribution in [1.29, 1.82) is 0 Å². The average molecular weight is 305 g/mol. The number of urea groups is 1. The molecule has 0 radical (unpaired) electrons. The van der Waals surface area contributed by atoms with Gasteiger partial charge in [0.15, 0.2) is 0 Å². The second-order valence-electron chi connectivity index (χ2n) is 6.04. The van der Waals surface area contributed by atoms with Gasteiger partial charge < -0.3 is 20.6 Å². The molecule has 0 spiro atoms. The fourth-order valence-electron chi connectivity index (χ4n) is 2.88. The van der Waals surface area contributed by atoms with Crippen molar-refractivity contribution in [2.75, 3.05) is 19.6 Å². The Morgan fingerprint density at radius 2 is 2.14 bits per heavy atom. The van der Waals surface area contributed by atoms with E-state index < -0.39 is 0 Å². The second-order valence-corrected chi connectivity index (χ2v) is 6.04. The zero-order valence-electron chi connectivity index (χ0n) is 13.5. The van der Waals surface area contributed by atoms with Crippen LogP contribution in [-0.4, -0.2) is 47.8 Å². The number of likely N-dealkylation sites (tertiary alicyclic amines) is 1. The maximum atomic E-state index is 11.8. The number of hydrogen-bond donors (Lipinski definition) is 3. The summed E-state index contributed by atoms with van der Waals surface area (Å²) in [6.07, 6.45) is 3.05. The monoisotopic (exact) mass is 305 g/mol. The number of phenolic OH excluding ortho intramolecular Hbond substituents is 1. The minimum atomic E-state index is 0.0450. The molecule has 0 aromatic heterocycles. The highest BCUT2D eigenvalue weighted by Crippen LogP contribution is 2.14. The molecule has 1 aliphatic rings. The summed E-state index contributed by atoms with van der Waals surface area (Å²) in [5.74, 6) is 0.311. The lowest BCUT2D eigenvalue weighted by Crippen LogP contribution is -2.42. The smallest absolute Gasteiger partial charge is 0.317 e. The zero-order chi connectivity index (χ0) is 15.9. The Bertz CT molecular complexity index is 475. The van der Waals surface area contributed by atoms with E-state index >= 15 is 0 Å². The summed E-state index contributed by atoms with van der Waals surface area (Å²) in [6, 6.07) is 8.24. The van der Waals surface area contributed by atoms with E-state index in [0.717, 1.165) is 32.4 Å². The van der Waals surface area contributed by atoms with E-state index in [-0.39, 0.29) is 6.03 Å². The molecule has 0 saturated carbocycles. The molecule has 0 unspecified atom stereocenters. The number of phenols is 1. The van der Waals surface area contributed by atoms with Crippen molar-refractivity contribution in [2.45, 2.75) is 45.2 Å². The highest BCUT2D eigenvalue weighted by atomic mass is 16.3. The van der Waals surface area contributed by atoms with Crippen molar-refractivity contribution in [3.05, 3.63) is 29.8 Å². The molecule has 2 rings (SSSR count). The first kappa shape index (κ1) is 16.6. The lowest BCUT2D eigenvalue weighted by Gasteiger charge is -2.20. The summed E-state index contributed by atoms with van der Waals surface area (Å²) in [5.41, 5.74) is 1.24. The Morgan fingerprint density at radius 3 is 2.82 bits per heavy atom. The first-order chi connectivity index (χ1) is 10.6. The predicted molar refractivity (Wildman–Crippen MR) is 88.1 cm³/mol. The maximum absolute atomic E-state index is 11.8. The van der Waals surface area contributed by atoms with Gasteiger partial charge in [-0.15, -0.1) is 0 Å². The van der Waals surface area contributed by atoms with Crippen molar-refractivity contribution in [1.82, 2.24) is 15.5 Å². The van der Waals surface area contributed by atoms with Crippen LogP contribution in [0, 0.1) is 0 Å². The minimum absolute atomic E-state index is 0.0450. The molecular weight excluding hydrogens is 278 g/mol. The number of amides is 2. The Labute approximate surface area is 132 Å². The molecule has 1 aromatic rings. The van der Waals surface area contributed by atoms with Gasteiger partial charge in [-0.05, 0) is 50.8 Å². The molecule has 3 N–H and O–H groups in total. The highest BCUT2D eigenvalue weighted by Gasteiger charge is 2.26. The van der Waals surface area contributed by atoms with Crippen LogP contribution in [0.15, 0.2) is 24.3 Å². The highest BCUT2D eigenvalue weighted by molar-refractivity contribution is 5.74. The number of nitrogens with zero attached hydrogens (tertiary/aromatic N) is 1. The molecule has 5 nitrogen and oxygen atoms in total. The van der Waals surface area contributed by atoms with E-state index in [2.05, 4.69) is 17.6 Å². The predicted octanol–water partition coefficient (Wildman–Crippen LogP) is 2.11. The van der Waals surface area contributed by atoms with Gasteiger partial charge >= 0.3 is 6.03 Å². The summed E-state index contributed by atoms with van der Waals surface area (Å²) in [6.45, 7) is 6.42. The number of nitrogens with one attached hydrogen (secondary N) is 2. The number of aryl methyl sites for hydroxylation is 1. The summed E-state index contributed by atoms with van der Waals surface area (Å²) < 4.78 is 0. The van der Waals surface area contributed by atoms with E-state index in [0.29, 0.717) is 24.4 Å². The van der Waals surface area contributed by atoms with Crippen molar-refractivity contribution in [3.63, 3.8) is 0 Å². The number of aromatic hydroxyl groups is 1. The van der Waals surface area contributed by atoms with Crippen molar-refractivity contribution in [3.8, 4) is 5.75 Å². The zero-order valence-corrected chi connectivity index (χ0v) is 13.5. The summed E-state index contributed by atoms with van der Waals surface area (Å²) in [4.78, 5) is 13.7. The van der Waals surface area contributed by atoms with Gasteiger partial charge in [0.05, 0.1) is 0 Å². The maximum Gasteiger partial charge on any atom is 0.317 e. The Kier molecular flexibility index (Phi) is 6.07. The third-order valence-electron chi connectivity index (χ3n) is 4.13. The van der Waals surface area contributed by atoms with Gasteiger partial charge in [0.2, 0.25) is 0 Å². The van der Waals surface area contributed by atoms with E-state index in [1.165, 1.54) is 5.56 Å². The van der Waals surface area contributed by atoms with Crippen LogP contribution in [0.1, 0.15) is 32.3 Å². The van der Waals surface area contributed by atoms with Crippen LogP contribution in [0.3, 0.4) is 0 Å². The van der Waals surface area contributed by atoms with Crippen LogP contribution >= 0.6 is 0 Å². The Balaban J connectivity index is 1.70. The third kappa shape index (κ3) is 4.91. The number of carbonyl (C=O) groups is 1. The third-order valence-corrected chi connectivity index (χ3v) is 4.13. The lowest BCUT2D eigenvalue weighted by molar-refractivity contribution is 0.208. The van der Waals surface area contributed by atoms with Crippen LogP contribution in [0.25, 0.3) is 0 Å². The lowest BCUT2D eigenvalue weighted by atomic mass is 10.1. The standard InChI is InChI=1S/C17H27N3O2/c1-3-18-17(22)20-11-10-15(12-20)19-13(2)4-5-14-6-8-16(21)9-7-14/h6-9,13,15,19,21H,3-5,10-12H2,1-2H3,(H,18,22)/t13-,15+/m0/s1. The van der Waals surface area contributed by atoms with Crippen LogP contribution in [0.2, 0.25) is 0 Å². The second kappa shape index (κ2) is 8.03. The van der Waals surface area contributed by atoms with Crippen molar-refractivity contribution >= 4 is 6.03 Å². The van der Waals surface area contributed by atoms with Gasteiger partial charge in [0.1, 0.15) is 5.75 Å². The molecule has 0 bridgehead atoms. The van der Waals surface area contributed by atoms with Crippen LogP contribution in [0.5, 0.6) is 5.75 Å². The van der Waals surface area contributed by atoms with E-state index in [1.807, 2.05) is 24.0 Å². The summed E-state index contributed by atoms with van der Waals surface area (Å²) in [7, 11) is 0. The molecular formula is C17H27N3O2. The topological polar surface area (TPSA) is 64.6 Å². The van der Waals surface area contributed by atoms with Crippen LogP contribution in [-0.2, 0) is 6.42 Å². The Morgan fingerprint density at radius 1 is 1.41 bits per heavy atom. The quantitative estimate of drug-likeness (QED) is 0.754. The largest absolute Gasteiger partial charge is 0.508 e. The number of benzene rings is 1. The van der Waals surface area contributed by atoms with E-state index in [4.69, 9.17) is 0 Å². The number of rotatable bonds is 6. The first-order valence-electron chi connectivity index (χ1n) is 8.15. The van der Waals surface area contributed by atoms with Crippen LogP contribution in [0.4, 0.5) is 4.79 Å². The van der Waals surface area contributed by atoms with Gasteiger partial charge in [-0.3, -0.25) is 0 Å². The van der Waals surface area contributed by atoms with E-state index in [9.17, 15) is 9.90 Å². The molecule has 1 heterocycles. The van der Waals surface area contributed by atoms with Gasteiger partial charge in [0, 0.05) is 31.7 Å². The van der Waals surface area contributed by atoms with Gasteiger partial charge in [-0.2, -0.15) is 0 Å². The van der Waals surface area contributed by atoms with Crippen molar-refractivity contribution < 1.29 is 9.90 Å². The average Bonchev–Trinajstić information content (AvgIpc) is 2.95. The van der Waals surface area contributed by atoms with Gasteiger partial charge in [-0.1, -0.05) is 12.1 Å².